The smallest absolute Gasteiger partial charge is 0.0271 e. The van der Waals surface area contributed by atoms with Gasteiger partial charge in [-0.2, -0.15) is 0 Å². The Morgan fingerprint density at radius 2 is 1.76 bits per heavy atom. The van der Waals surface area contributed by atoms with Gasteiger partial charge < -0.3 is 5.32 Å². The van der Waals surface area contributed by atoms with Crippen LogP contribution in [0.5, 0.6) is 0 Å². The predicted octanol–water partition coefficient (Wildman–Crippen LogP) is 2.99. The van der Waals surface area contributed by atoms with Crippen molar-refractivity contribution in [2.24, 2.45) is 0 Å². The fourth-order valence-electron chi connectivity index (χ4n) is 1.89. The molecule has 2 rings (SSSR count). The van der Waals surface area contributed by atoms with Crippen LogP contribution in [0.2, 0.25) is 0 Å². The molecule has 2 aromatic rings. The summed E-state index contributed by atoms with van der Waals surface area (Å²) in [4.78, 5) is 4.01. The quantitative estimate of drug-likeness (QED) is 0.867. The standard InChI is InChI=1S/C15H18N2/c1-12-3-4-15(13(2)9-12)11-17-10-14-5-7-16-8-6-14/h3-9,17H,10-11H2,1-2H3. The summed E-state index contributed by atoms with van der Waals surface area (Å²) in [6.45, 7) is 6.09. The number of aryl methyl sites for hydroxylation is 2. The number of benzene rings is 1. The first-order chi connectivity index (χ1) is 8.25. The SMILES string of the molecule is Cc1ccc(CNCc2ccncc2)c(C)c1. The fraction of sp³-hybridized carbons (Fsp3) is 0.267. The van der Waals surface area contributed by atoms with E-state index in [1.54, 1.807) is 0 Å². The van der Waals surface area contributed by atoms with Crippen molar-refractivity contribution in [2.75, 3.05) is 0 Å². The van der Waals surface area contributed by atoms with Gasteiger partial charge in [-0.05, 0) is 42.7 Å². The summed E-state index contributed by atoms with van der Waals surface area (Å²) in [5.41, 5.74) is 5.31. The summed E-state index contributed by atoms with van der Waals surface area (Å²) in [6.07, 6.45) is 3.66. The molecule has 0 saturated heterocycles. The Morgan fingerprint density at radius 1 is 1.00 bits per heavy atom. The molecule has 0 bridgehead atoms. The van der Waals surface area contributed by atoms with E-state index >= 15 is 0 Å². The molecular weight excluding hydrogens is 208 g/mol. The van der Waals surface area contributed by atoms with Gasteiger partial charge in [0.1, 0.15) is 0 Å². The molecule has 1 heterocycles. The molecular formula is C15H18N2. The lowest BCUT2D eigenvalue weighted by Gasteiger charge is -2.08. The normalized spacial score (nSPS) is 10.5. The number of aromatic nitrogens is 1. The van der Waals surface area contributed by atoms with E-state index in [0.717, 1.165) is 13.1 Å². The van der Waals surface area contributed by atoms with Crippen LogP contribution in [-0.4, -0.2) is 4.98 Å². The zero-order valence-electron chi connectivity index (χ0n) is 10.4. The van der Waals surface area contributed by atoms with Gasteiger partial charge in [-0.15, -0.1) is 0 Å². The highest BCUT2D eigenvalue weighted by Gasteiger charge is 1.98. The molecule has 0 fully saturated rings. The molecule has 0 saturated carbocycles. The van der Waals surface area contributed by atoms with Crippen LogP contribution in [0.1, 0.15) is 22.3 Å². The average molecular weight is 226 g/mol. The highest BCUT2D eigenvalue weighted by Crippen LogP contribution is 2.10. The van der Waals surface area contributed by atoms with E-state index in [-0.39, 0.29) is 0 Å². The van der Waals surface area contributed by atoms with Gasteiger partial charge in [0, 0.05) is 25.5 Å². The molecule has 0 radical (unpaired) electrons. The first kappa shape index (κ1) is 11.8. The molecule has 0 aliphatic carbocycles. The molecule has 17 heavy (non-hydrogen) atoms. The van der Waals surface area contributed by atoms with E-state index in [2.05, 4.69) is 42.3 Å². The van der Waals surface area contributed by atoms with Crippen LogP contribution in [0.3, 0.4) is 0 Å². The van der Waals surface area contributed by atoms with Gasteiger partial charge in [-0.3, -0.25) is 4.98 Å². The molecule has 1 aromatic heterocycles. The van der Waals surface area contributed by atoms with E-state index in [1.807, 2.05) is 24.5 Å². The Balaban J connectivity index is 1.90. The second kappa shape index (κ2) is 5.60. The molecule has 2 heteroatoms. The molecule has 0 amide bonds. The van der Waals surface area contributed by atoms with Crippen LogP contribution >= 0.6 is 0 Å². The first-order valence-electron chi connectivity index (χ1n) is 5.91. The second-order valence-electron chi connectivity index (χ2n) is 4.39. The number of rotatable bonds is 4. The number of hydrogen-bond donors (Lipinski definition) is 1. The second-order valence-corrected chi connectivity index (χ2v) is 4.39. The van der Waals surface area contributed by atoms with E-state index < -0.39 is 0 Å². The summed E-state index contributed by atoms with van der Waals surface area (Å²) in [5, 5.41) is 3.45. The van der Waals surface area contributed by atoms with Gasteiger partial charge >= 0.3 is 0 Å². The van der Waals surface area contributed by atoms with Crippen molar-refractivity contribution in [1.29, 1.82) is 0 Å². The van der Waals surface area contributed by atoms with Crippen molar-refractivity contribution in [3.05, 3.63) is 65.0 Å². The van der Waals surface area contributed by atoms with Gasteiger partial charge in [0.25, 0.3) is 0 Å². The van der Waals surface area contributed by atoms with Crippen LogP contribution in [0.25, 0.3) is 0 Å². The van der Waals surface area contributed by atoms with Crippen LogP contribution in [-0.2, 0) is 13.1 Å². The number of hydrogen-bond acceptors (Lipinski definition) is 2. The van der Waals surface area contributed by atoms with Crippen molar-refractivity contribution in [1.82, 2.24) is 10.3 Å². The van der Waals surface area contributed by atoms with Crippen molar-refractivity contribution >= 4 is 0 Å². The molecule has 0 spiro atoms. The Hall–Kier alpha value is -1.67. The molecule has 1 aromatic carbocycles. The van der Waals surface area contributed by atoms with Crippen LogP contribution in [0, 0.1) is 13.8 Å². The van der Waals surface area contributed by atoms with E-state index in [0.29, 0.717) is 0 Å². The fourth-order valence-corrected chi connectivity index (χ4v) is 1.89. The maximum atomic E-state index is 4.01. The Morgan fingerprint density at radius 3 is 2.47 bits per heavy atom. The highest BCUT2D eigenvalue weighted by molar-refractivity contribution is 5.30. The van der Waals surface area contributed by atoms with E-state index in [1.165, 1.54) is 22.3 Å². The van der Waals surface area contributed by atoms with Crippen molar-refractivity contribution in [2.45, 2.75) is 26.9 Å². The average Bonchev–Trinajstić information content (AvgIpc) is 2.33. The van der Waals surface area contributed by atoms with Crippen molar-refractivity contribution in [3.63, 3.8) is 0 Å². The minimum atomic E-state index is 0.885. The summed E-state index contributed by atoms with van der Waals surface area (Å²) in [6, 6.07) is 10.7. The Labute approximate surface area is 103 Å². The number of nitrogens with one attached hydrogen (secondary N) is 1. The maximum Gasteiger partial charge on any atom is 0.0271 e. The minimum Gasteiger partial charge on any atom is -0.309 e. The van der Waals surface area contributed by atoms with Crippen LogP contribution in [0.4, 0.5) is 0 Å². The summed E-state index contributed by atoms with van der Waals surface area (Å²) in [5.74, 6) is 0. The van der Waals surface area contributed by atoms with Crippen LogP contribution < -0.4 is 5.32 Å². The molecule has 0 aliphatic rings. The minimum absolute atomic E-state index is 0.885. The lowest BCUT2D eigenvalue weighted by Crippen LogP contribution is -2.13. The van der Waals surface area contributed by atoms with Gasteiger partial charge in [-0.1, -0.05) is 23.8 Å². The lowest BCUT2D eigenvalue weighted by atomic mass is 10.1. The third kappa shape index (κ3) is 3.40. The molecule has 1 N–H and O–H groups in total. The third-order valence-corrected chi connectivity index (χ3v) is 2.89. The number of pyridine rings is 1. The third-order valence-electron chi connectivity index (χ3n) is 2.89. The Bertz CT molecular complexity index is 478. The summed E-state index contributed by atoms with van der Waals surface area (Å²) in [7, 11) is 0. The zero-order valence-corrected chi connectivity index (χ0v) is 10.4. The van der Waals surface area contributed by atoms with Gasteiger partial charge in [0.05, 0.1) is 0 Å². The summed E-state index contributed by atoms with van der Waals surface area (Å²) < 4.78 is 0. The molecule has 0 atom stereocenters. The number of nitrogens with zero attached hydrogens (tertiary/aromatic N) is 1. The summed E-state index contributed by atoms with van der Waals surface area (Å²) >= 11 is 0. The zero-order chi connectivity index (χ0) is 12.1. The van der Waals surface area contributed by atoms with Gasteiger partial charge in [0.2, 0.25) is 0 Å². The van der Waals surface area contributed by atoms with Crippen LogP contribution in [0.15, 0.2) is 42.7 Å². The molecule has 88 valence electrons. The van der Waals surface area contributed by atoms with Gasteiger partial charge in [-0.25, -0.2) is 0 Å². The Kier molecular flexibility index (Phi) is 3.89. The van der Waals surface area contributed by atoms with Crippen molar-refractivity contribution < 1.29 is 0 Å². The van der Waals surface area contributed by atoms with Gasteiger partial charge in [0.15, 0.2) is 0 Å². The predicted molar refractivity (Wildman–Crippen MR) is 70.7 cm³/mol. The lowest BCUT2D eigenvalue weighted by molar-refractivity contribution is 0.690. The monoisotopic (exact) mass is 226 g/mol. The first-order valence-corrected chi connectivity index (χ1v) is 5.91. The topological polar surface area (TPSA) is 24.9 Å². The van der Waals surface area contributed by atoms with Crippen molar-refractivity contribution in [3.8, 4) is 0 Å². The molecule has 2 nitrogen and oxygen atoms in total. The largest absolute Gasteiger partial charge is 0.309 e. The molecule has 0 aliphatic heterocycles. The van der Waals surface area contributed by atoms with E-state index in [9.17, 15) is 0 Å². The highest BCUT2D eigenvalue weighted by atomic mass is 14.8. The van der Waals surface area contributed by atoms with E-state index in [4.69, 9.17) is 0 Å². The molecule has 0 unspecified atom stereocenters. The maximum absolute atomic E-state index is 4.01.